The van der Waals surface area contributed by atoms with Crippen LogP contribution in [0.15, 0.2) is 60.7 Å². The van der Waals surface area contributed by atoms with E-state index in [9.17, 15) is 4.79 Å². The monoisotopic (exact) mass is 321 g/mol. The molecule has 0 saturated carbocycles. The fourth-order valence-corrected chi connectivity index (χ4v) is 2.64. The van der Waals surface area contributed by atoms with E-state index in [-0.39, 0.29) is 6.42 Å². The molecule has 0 aliphatic rings. The molecule has 0 amide bonds. The summed E-state index contributed by atoms with van der Waals surface area (Å²) in [5.41, 5.74) is 3.09. The van der Waals surface area contributed by atoms with Crippen molar-refractivity contribution >= 4 is 16.9 Å². The summed E-state index contributed by atoms with van der Waals surface area (Å²) in [6, 6.07) is 20.1. The molecule has 4 nitrogen and oxygen atoms in total. The summed E-state index contributed by atoms with van der Waals surface area (Å²) >= 11 is 0. The first-order chi connectivity index (χ1) is 11.7. The first-order valence-electron chi connectivity index (χ1n) is 8.04. The van der Waals surface area contributed by atoms with Crippen molar-refractivity contribution in [1.82, 2.24) is 4.98 Å². The number of carboxylic acid groups (broad SMARTS) is 1. The van der Waals surface area contributed by atoms with E-state index >= 15 is 0 Å². The van der Waals surface area contributed by atoms with Crippen molar-refractivity contribution < 1.29 is 14.6 Å². The summed E-state index contributed by atoms with van der Waals surface area (Å²) in [6.07, 6.45) is 1.47. The van der Waals surface area contributed by atoms with Crippen LogP contribution in [0.25, 0.3) is 22.0 Å². The number of carbonyl (C=O) groups is 1. The van der Waals surface area contributed by atoms with Crippen LogP contribution < -0.4 is 4.74 Å². The van der Waals surface area contributed by atoms with E-state index in [4.69, 9.17) is 9.84 Å². The number of hydrogen-bond donors (Lipinski definition) is 1. The van der Waals surface area contributed by atoms with Crippen LogP contribution in [0, 0.1) is 0 Å². The molecule has 0 aliphatic carbocycles. The standard InChI is InChI=1S/C20H19NO3/c22-20(23)12-6-7-13-24-19-14-17(15-8-2-1-3-9-15)16-10-4-5-11-18(16)21-19/h1-5,8-11,14H,6-7,12-13H2,(H,22,23). The van der Waals surface area contributed by atoms with Gasteiger partial charge in [0, 0.05) is 17.9 Å². The number of aromatic nitrogens is 1. The van der Waals surface area contributed by atoms with Crippen molar-refractivity contribution in [3.63, 3.8) is 0 Å². The van der Waals surface area contributed by atoms with Crippen LogP contribution >= 0.6 is 0 Å². The summed E-state index contributed by atoms with van der Waals surface area (Å²) in [6.45, 7) is 0.465. The maximum atomic E-state index is 10.5. The van der Waals surface area contributed by atoms with Gasteiger partial charge in [0.15, 0.2) is 0 Å². The SMILES string of the molecule is O=C(O)CCCCOc1cc(-c2ccccc2)c2ccccc2n1. The van der Waals surface area contributed by atoms with Gasteiger partial charge < -0.3 is 9.84 Å². The Morgan fingerprint density at radius 2 is 1.75 bits per heavy atom. The number of unbranched alkanes of at least 4 members (excludes halogenated alkanes) is 1. The molecule has 0 aliphatic heterocycles. The minimum Gasteiger partial charge on any atom is -0.481 e. The zero-order valence-corrected chi connectivity index (χ0v) is 13.3. The van der Waals surface area contributed by atoms with E-state index in [1.165, 1.54) is 0 Å². The molecule has 24 heavy (non-hydrogen) atoms. The number of aliphatic carboxylic acids is 1. The number of para-hydroxylation sites is 1. The average Bonchev–Trinajstić information content (AvgIpc) is 2.61. The largest absolute Gasteiger partial charge is 0.481 e. The molecule has 3 rings (SSSR count). The molecule has 0 bridgehead atoms. The minimum atomic E-state index is -0.773. The van der Waals surface area contributed by atoms with Gasteiger partial charge in [0.1, 0.15) is 0 Å². The Morgan fingerprint density at radius 3 is 2.54 bits per heavy atom. The van der Waals surface area contributed by atoms with Crippen LogP contribution in [0.5, 0.6) is 5.88 Å². The molecule has 4 heteroatoms. The molecule has 0 unspecified atom stereocenters. The molecular weight excluding hydrogens is 302 g/mol. The van der Waals surface area contributed by atoms with Gasteiger partial charge in [-0.1, -0.05) is 48.5 Å². The Labute approximate surface area is 140 Å². The molecule has 3 aromatic rings. The van der Waals surface area contributed by atoms with Crippen LogP contribution in [0.1, 0.15) is 19.3 Å². The molecule has 1 aromatic heterocycles. The number of benzene rings is 2. The number of carboxylic acids is 1. The Balaban J connectivity index is 1.83. The van der Waals surface area contributed by atoms with E-state index in [0.717, 1.165) is 22.0 Å². The maximum Gasteiger partial charge on any atom is 0.303 e. The quantitative estimate of drug-likeness (QED) is 0.649. The minimum absolute atomic E-state index is 0.170. The number of pyridine rings is 1. The van der Waals surface area contributed by atoms with Gasteiger partial charge in [-0.25, -0.2) is 4.98 Å². The van der Waals surface area contributed by atoms with Crippen molar-refractivity contribution in [3.8, 4) is 17.0 Å². The fourth-order valence-electron chi connectivity index (χ4n) is 2.64. The van der Waals surface area contributed by atoms with E-state index < -0.39 is 5.97 Å². The third kappa shape index (κ3) is 3.90. The van der Waals surface area contributed by atoms with Crippen LogP contribution in [0.4, 0.5) is 0 Å². The van der Waals surface area contributed by atoms with E-state index in [1.807, 2.05) is 42.5 Å². The summed E-state index contributed by atoms with van der Waals surface area (Å²) in [7, 11) is 0. The number of hydrogen-bond acceptors (Lipinski definition) is 3. The highest BCUT2D eigenvalue weighted by molar-refractivity contribution is 5.95. The second-order valence-corrected chi connectivity index (χ2v) is 5.59. The van der Waals surface area contributed by atoms with Crippen molar-refractivity contribution in [2.24, 2.45) is 0 Å². The van der Waals surface area contributed by atoms with E-state index in [2.05, 4.69) is 23.2 Å². The Hall–Kier alpha value is -2.88. The van der Waals surface area contributed by atoms with Gasteiger partial charge in [0.25, 0.3) is 0 Å². The van der Waals surface area contributed by atoms with Crippen LogP contribution in [0.2, 0.25) is 0 Å². The predicted octanol–water partition coefficient (Wildman–Crippen LogP) is 4.54. The number of rotatable bonds is 7. The van der Waals surface area contributed by atoms with Gasteiger partial charge >= 0.3 is 5.97 Å². The van der Waals surface area contributed by atoms with Gasteiger partial charge in [0.2, 0.25) is 5.88 Å². The second-order valence-electron chi connectivity index (χ2n) is 5.59. The Bertz CT molecular complexity index is 831. The van der Waals surface area contributed by atoms with Gasteiger partial charge in [-0.3, -0.25) is 4.79 Å². The molecule has 0 spiro atoms. The molecule has 0 saturated heterocycles. The first-order valence-corrected chi connectivity index (χ1v) is 8.04. The zero-order valence-electron chi connectivity index (χ0n) is 13.3. The lowest BCUT2D eigenvalue weighted by atomic mass is 10.0. The molecule has 1 heterocycles. The maximum absolute atomic E-state index is 10.5. The fraction of sp³-hybridized carbons (Fsp3) is 0.200. The summed E-state index contributed by atoms with van der Waals surface area (Å²) in [5.74, 6) is -0.201. The topological polar surface area (TPSA) is 59.4 Å². The molecule has 1 N–H and O–H groups in total. The van der Waals surface area contributed by atoms with Crippen LogP contribution in [0.3, 0.4) is 0 Å². The lowest BCUT2D eigenvalue weighted by molar-refractivity contribution is -0.137. The normalized spacial score (nSPS) is 10.7. The highest BCUT2D eigenvalue weighted by atomic mass is 16.5. The lowest BCUT2D eigenvalue weighted by Crippen LogP contribution is -2.02. The van der Waals surface area contributed by atoms with Gasteiger partial charge in [-0.2, -0.15) is 0 Å². The highest BCUT2D eigenvalue weighted by Gasteiger charge is 2.08. The number of ether oxygens (including phenoxy) is 1. The molecule has 0 radical (unpaired) electrons. The molecule has 122 valence electrons. The van der Waals surface area contributed by atoms with E-state index in [1.54, 1.807) is 0 Å². The Morgan fingerprint density at radius 1 is 1.00 bits per heavy atom. The second kappa shape index (κ2) is 7.59. The van der Waals surface area contributed by atoms with Crippen LogP contribution in [-0.4, -0.2) is 22.7 Å². The third-order valence-electron chi connectivity index (χ3n) is 3.81. The third-order valence-corrected chi connectivity index (χ3v) is 3.81. The molecule has 2 aromatic carbocycles. The van der Waals surface area contributed by atoms with Crippen molar-refractivity contribution in [3.05, 3.63) is 60.7 Å². The average molecular weight is 321 g/mol. The number of fused-ring (bicyclic) bond motifs is 1. The Kier molecular flexibility index (Phi) is 5.06. The molecular formula is C20H19NO3. The van der Waals surface area contributed by atoms with Gasteiger partial charge in [-0.15, -0.1) is 0 Å². The summed E-state index contributed by atoms with van der Waals surface area (Å²) in [4.78, 5) is 15.1. The van der Waals surface area contributed by atoms with Crippen molar-refractivity contribution in [2.75, 3.05) is 6.61 Å². The predicted molar refractivity (Wildman–Crippen MR) is 94.2 cm³/mol. The lowest BCUT2D eigenvalue weighted by Gasteiger charge is -2.11. The summed E-state index contributed by atoms with van der Waals surface area (Å²) in [5, 5.41) is 9.74. The van der Waals surface area contributed by atoms with Gasteiger partial charge in [0.05, 0.1) is 12.1 Å². The number of nitrogens with zero attached hydrogens (tertiary/aromatic N) is 1. The van der Waals surface area contributed by atoms with Gasteiger partial charge in [-0.05, 0) is 30.0 Å². The van der Waals surface area contributed by atoms with Crippen molar-refractivity contribution in [2.45, 2.75) is 19.3 Å². The molecule has 0 fully saturated rings. The first kappa shape index (κ1) is 16.0. The summed E-state index contributed by atoms with van der Waals surface area (Å²) < 4.78 is 5.75. The van der Waals surface area contributed by atoms with Crippen molar-refractivity contribution in [1.29, 1.82) is 0 Å². The molecule has 0 atom stereocenters. The zero-order chi connectivity index (χ0) is 16.8. The van der Waals surface area contributed by atoms with E-state index in [0.29, 0.717) is 25.3 Å². The smallest absolute Gasteiger partial charge is 0.303 e. The highest BCUT2D eigenvalue weighted by Crippen LogP contribution is 2.30. The van der Waals surface area contributed by atoms with Crippen LogP contribution in [-0.2, 0) is 4.79 Å².